The summed E-state index contributed by atoms with van der Waals surface area (Å²) in [6.45, 7) is 0. The van der Waals surface area contributed by atoms with Gasteiger partial charge in [-0.2, -0.15) is 0 Å². The number of aromatic nitrogens is 2. The first-order valence-corrected chi connectivity index (χ1v) is 6.33. The first-order chi connectivity index (χ1) is 7.27. The minimum atomic E-state index is -0.278. The van der Waals surface area contributed by atoms with Crippen LogP contribution in [0.5, 0.6) is 0 Å². The molecule has 0 spiro atoms. The van der Waals surface area contributed by atoms with Gasteiger partial charge in [-0.1, -0.05) is 40.8 Å². The van der Waals surface area contributed by atoms with Gasteiger partial charge in [-0.3, -0.25) is 0 Å². The highest BCUT2D eigenvalue weighted by Gasteiger charge is 2.08. The van der Waals surface area contributed by atoms with Crippen molar-refractivity contribution in [2.24, 2.45) is 0 Å². The summed E-state index contributed by atoms with van der Waals surface area (Å²) in [7, 11) is 0. The van der Waals surface area contributed by atoms with Crippen LogP contribution in [0.15, 0.2) is 28.0 Å². The van der Waals surface area contributed by atoms with Gasteiger partial charge in [-0.05, 0) is 12.1 Å². The predicted octanol–water partition coefficient (Wildman–Crippen LogP) is 3.62. The second-order valence-corrected chi connectivity index (χ2v) is 5.16. The van der Waals surface area contributed by atoms with E-state index in [4.69, 9.17) is 11.6 Å². The van der Waals surface area contributed by atoms with Crippen molar-refractivity contribution in [2.75, 3.05) is 0 Å². The van der Waals surface area contributed by atoms with Gasteiger partial charge >= 0.3 is 0 Å². The third-order valence-electron chi connectivity index (χ3n) is 1.74. The Labute approximate surface area is 99.5 Å². The third-order valence-corrected chi connectivity index (χ3v) is 3.98. The predicted molar refractivity (Wildman–Crippen MR) is 60.9 cm³/mol. The molecule has 78 valence electrons. The first-order valence-electron chi connectivity index (χ1n) is 4.09. The van der Waals surface area contributed by atoms with Crippen LogP contribution in [-0.4, -0.2) is 10.2 Å². The largest absolute Gasteiger partial charge is 0.207 e. The van der Waals surface area contributed by atoms with Crippen LogP contribution >= 0.6 is 34.7 Å². The highest BCUT2D eigenvalue weighted by Crippen LogP contribution is 2.28. The molecule has 0 bridgehead atoms. The van der Waals surface area contributed by atoms with Crippen molar-refractivity contribution >= 4 is 34.7 Å². The van der Waals surface area contributed by atoms with E-state index in [1.807, 2.05) is 0 Å². The van der Waals surface area contributed by atoms with Gasteiger partial charge in [-0.25, -0.2) is 4.39 Å². The monoisotopic (exact) mass is 260 g/mol. The Morgan fingerprint density at radius 3 is 3.00 bits per heavy atom. The molecule has 0 unspecified atom stereocenters. The molecule has 2 aromatic rings. The average molecular weight is 261 g/mol. The number of hydrogen-bond donors (Lipinski definition) is 0. The van der Waals surface area contributed by atoms with E-state index in [1.165, 1.54) is 29.2 Å². The van der Waals surface area contributed by atoms with Crippen molar-refractivity contribution in [1.82, 2.24) is 10.2 Å². The molecule has 0 aliphatic rings. The van der Waals surface area contributed by atoms with Gasteiger partial charge < -0.3 is 0 Å². The fourth-order valence-corrected chi connectivity index (χ4v) is 2.86. The molecule has 2 nitrogen and oxygen atoms in total. The molecular formula is C9H6ClFN2S2. The van der Waals surface area contributed by atoms with Crippen molar-refractivity contribution in [2.45, 2.75) is 10.1 Å². The fourth-order valence-electron chi connectivity index (χ4n) is 1.03. The number of benzene rings is 1. The molecule has 0 fully saturated rings. The van der Waals surface area contributed by atoms with Gasteiger partial charge in [0.2, 0.25) is 0 Å². The standard InChI is InChI=1S/C9H6ClFN2S2/c10-7-2-1-3-8(11)6(7)4-14-9-13-12-5-15-9/h1-3,5H,4H2. The maximum Gasteiger partial charge on any atom is 0.174 e. The lowest BCUT2D eigenvalue weighted by Crippen LogP contribution is -1.88. The summed E-state index contributed by atoms with van der Waals surface area (Å²) in [6, 6.07) is 4.68. The Bertz CT molecular complexity index is 427. The van der Waals surface area contributed by atoms with Crippen LogP contribution in [0.4, 0.5) is 4.39 Å². The maximum absolute atomic E-state index is 13.3. The summed E-state index contributed by atoms with van der Waals surface area (Å²) in [5.74, 6) is 0.195. The molecule has 0 radical (unpaired) electrons. The number of thioether (sulfide) groups is 1. The number of hydrogen-bond acceptors (Lipinski definition) is 4. The fraction of sp³-hybridized carbons (Fsp3) is 0.111. The Hall–Kier alpha value is -0.650. The van der Waals surface area contributed by atoms with Crippen molar-refractivity contribution in [3.63, 3.8) is 0 Å². The lowest BCUT2D eigenvalue weighted by Gasteiger charge is -2.03. The third kappa shape index (κ3) is 2.68. The molecule has 1 heterocycles. The second-order valence-electron chi connectivity index (χ2n) is 2.69. The highest BCUT2D eigenvalue weighted by atomic mass is 35.5. The smallest absolute Gasteiger partial charge is 0.174 e. The number of nitrogens with zero attached hydrogens (tertiary/aromatic N) is 2. The minimum absolute atomic E-state index is 0.278. The molecule has 2 rings (SSSR count). The lowest BCUT2D eigenvalue weighted by molar-refractivity contribution is 0.617. The second kappa shape index (κ2) is 4.92. The minimum Gasteiger partial charge on any atom is -0.207 e. The van der Waals surface area contributed by atoms with Gasteiger partial charge in [0, 0.05) is 16.3 Å². The molecule has 0 aliphatic heterocycles. The zero-order valence-corrected chi connectivity index (χ0v) is 9.87. The molecule has 1 aromatic heterocycles. The van der Waals surface area contributed by atoms with Crippen LogP contribution in [0.3, 0.4) is 0 Å². The normalized spacial score (nSPS) is 10.5. The molecule has 6 heteroatoms. The first kappa shape index (κ1) is 10.9. The van der Waals surface area contributed by atoms with Gasteiger partial charge in [0.25, 0.3) is 0 Å². The molecule has 0 N–H and O–H groups in total. The van der Waals surface area contributed by atoms with E-state index < -0.39 is 0 Å². The van der Waals surface area contributed by atoms with E-state index in [1.54, 1.807) is 17.6 Å². The van der Waals surface area contributed by atoms with Crippen LogP contribution in [0.1, 0.15) is 5.56 Å². The maximum atomic E-state index is 13.3. The Morgan fingerprint density at radius 2 is 2.33 bits per heavy atom. The molecule has 0 atom stereocenters. The lowest BCUT2D eigenvalue weighted by atomic mass is 10.2. The van der Waals surface area contributed by atoms with Crippen molar-refractivity contribution in [3.05, 3.63) is 40.1 Å². The summed E-state index contributed by atoms with van der Waals surface area (Å²) in [4.78, 5) is 0. The zero-order valence-electron chi connectivity index (χ0n) is 7.48. The summed E-state index contributed by atoms with van der Waals surface area (Å²) in [5, 5.41) is 8.01. The van der Waals surface area contributed by atoms with E-state index in [0.29, 0.717) is 16.3 Å². The van der Waals surface area contributed by atoms with Crippen LogP contribution < -0.4 is 0 Å². The van der Waals surface area contributed by atoms with Crippen LogP contribution in [-0.2, 0) is 5.75 Å². The van der Waals surface area contributed by atoms with E-state index in [9.17, 15) is 4.39 Å². The van der Waals surface area contributed by atoms with Crippen molar-refractivity contribution in [3.8, 4) is 0 Å². The highest BCUT2D eigenvalue weighted by molar-refractivity contribution is 8.00. The Morgan fingerprint density at radius 1 is 1.47 bits per heavy atom. The van der Waals surface area contributed by atoms with Crippen LogP contribution in [0.2, 0.25) is 5.02 Å². The van der Waals surface area contributed by atoms with E-state index in [-0.39, 0.29) is 5.82 Å². The van der Waals surface area contributed by atoms with Gasteiger partial charge in [0.15, 0.2) is 4.34 Å². The van der Waals surface area contributed by atoms with E-state index in [0.717, 1.165) is 4.34 Å². The Kier molecular flexibility index (Phi) is 3.56. The van der Waals surface area contributed by atoms with Crippen molar-refractivity contribution in [1.29, 1.82) is 0 Å². The van der Waals surface area contributed by atoms with Crippen molar-refractivity contribution < 1.29 is 4.39 Å². The summed E-state index contributed by atoms with van der Waals surface area (Å²) >= 11 is 8.74. The number of rotatable bonds is 3. The van der Waals surface area contributed by atoms with E-state index >= 15 is 0 Å². The quantitative estimate of drug-likeness (QED) is 0.789. The summed E-state index contributed by atoms with van der Waals surface area (Å²) in [6.07, 6.45) is 0. The summed E-state index contributed by atoms with van der Waals surface area (Å²) in [5.41, 5.74) is 2.16. The van der Waals surface area contributed by atoms with Crippen LogP contribution in [0, 0.1) is 5.82 Å². The molecule has 0 amide bonds. The zero-order chi connectivity index (χ0) is 10.7. The number of halogens is 2. The SMILES string of the molecule is Fc1cccc(Cl)c1CSc1nncs1. The Balaban J connectivity index is 2.11. The average Bonchev–Trinajstić information content (AvgIpc) is 2.70. The molecule has 1 aromatic carbocycles. The van der Waals surface area contributed by atoms with Crippen LogP contribution in [0.25, 0.3) is 0 Å². The topological polar surface area (TPSA) is 25.8 Å². The van der Waals surface area contributed by atoms with E-state index in [2.05, 4.69) is 10.2 Å². The molecular weight excluding hydrogens is 255 g/mol. The summed E-state index contributed by atoms with van der Waals surface area (Å²) < 4.78 is 14.2. The van der Waals surface area contributed by atoms with Gasteiger partial charge in [-0.15, -0.1) is 10.2 Å². The molecule has 0 aliphatic carbocycles. The molecule has 0 saturated heterocycles. The molecule has 15 heavy (non-hydrogen) atoms. The van der Waals surface area contributed by atoms with Gasteiger partial charge in [0.1, 0.15) is 11.3 Å². The molecule has 0 saturated carbocycles. The van der Waals surface area contributed by atoms with Gasteiger partial charge in [0.05, 0.1) is 0 Å².